The Hall–Kier alpha value is -3.82. The molecular weight excluding hydrogens is 428 g/mol. The van der Waals surface area contributed by atoms with E-state index in [0.29, 0.717) is 41.5 Å². The first kappa shape index (κ1) is 23.8. The van der Waals surface area contributed by atoms with Crippen molar-refractivity contribution in [1.29, 1.82) is 0 Å². The highest BCUT2D eigenvalue weighted by atomic mass is 16.5. The highest BCUT2D eigenvalue weighted by molar-refractivity contribution is 5.77. The molecule has 3 rings (SSSR count). The number of nitrogens with zero attached hydrogens (tertiary/aromatic N) is 4. The van der Waals surface area contributed by atoms with Gasteiger partial charge < -0.3 is 19.1 Å². The number of aliphatic carboxylic acids is 1. The summed E-state index contributed by atoms with van der Waals surface area (Å²) in [6.07, 6.45) is 4.03. The van der Waals surface area contributed by atoms with Gasteiger partial charge in [0.1, 0.15) is 5.82 Å². The Morgan fingerprint density at radius 1 is 1.12 bits per heavy atom. The van der Waals surface area contributed by atoms with Gasteiger partial charge in [-0.3, -0.25) is 18.7 Å². The summed E-state index contributed by atoms with van der Waals surface area (Å²) in [6.45, 7) is 4.56. The Bertz CT molecular complexity index is 1320. The first-order valence-electron chi connectivity index (χ1n) is 10.7. The van der Waals surface area contributed by atoms with Gasteiger partial charge in [0.15, 0.2) is 22.7 Å². The van der Waals surface area contributed by atoms with Gasteiger partial charge in [0.05, 0.1) is 13.7 Å². The number of imidazole rings is 1. The van der Waals surface area contributed by atoms with Gasteiger partial charge in [-0.1, -0.05) is 12.1 Å². The largest absolute Gasteiger partial charge is 0.493 e. The second-order valence-electron chi connectivity index (χ2n) is 7.37. The number of fused-ring (bicyclic) bond motifs is 1. The molecule has 0 aliphatic heterocycles. The van der Waals surface area contributed by atoms with E-state index in [9.17, 15) is 14.4 Å². The summed E-state index contributed by atoms with van der Waals surface area (Å²) in [5.41, 5.74) is 0.830. The van der Waals surface area contributed by atoms with Crippen LogP contribution in [-0.2, 0) is 24.9 Å². The van der Waals surface area contributed by atoms with Crippen LogP contribution in [0.1, 0.15) is 38.1 Å². The summed E-state index contributed by atoms with van der Waals surface area (Å²) >= 11 is 0. The molecule has 0 saturated heterocycles. The van der Waals surface area contributed by atoms with Crippen LogP contribution >= 0.6 is 0 Å². The molecule has 1 N–H and O–H groups in total. The van der Waals surface area contributed by atoms with Gasteiger partial charge in [-0.25, -0.2) is 9.78 Å². The lowest BCUT2D eigenvalue weighted by Crippen LogP contribution is -2.39. The van der Waals surface area contributed by atoms with Crippen LogP contribution in [0, 0.1) is 0 Å². The van der Waals surface area contributed by atoms with Gasteiger partial charge in [-0.2, -0.15) is 0 Å². The minimum absolute atomic E-state index is 0.0380. The van der Waals surface area contributed by atoms with E-state index in [1.807, 2.05) is 19.1 Å². The average molecular weight is 456 g/mol. The lowest BCUT2D eigenvalue weighted by Gasteiger charge is -2.11. The molecule has 0 spiro atoms. The zero-order chi connectivity index (χ0) is 24.1. The van der Waals surface area contributed by atoms with Gasteiger partial charge in [0.2, 0.25) is 0 Å². The first-order valence-corrected chi connectivity index (χ1v) is 10.7. The lowest BCUT2D eigenvalue weighted by molar-refractivity contribution is -0.137. The molecule has 0 aliphatic rings. The predicted molar refractivity (Wildman–Crippen MR) is 125 cm³/mol. The van der Waals surface area contributed by atoms with E-state index in [1.54, 1.807) is 36.7 Å². The Balaban J connectivity index is 1.92. The third-order valence-electron chi connectivity index (χ3n) is 5.31. The molecule has 2 heterocycles. The van der Waals surface area contributed by atoms with E-state index in [1.165, 1.54) is 16.2 Å². The molecule has 10 heteroatoms. The maximum absolute atomic E-state index is 12.8. The Kier molecular flexibility index (Phi) is 7.37. The van der Waals surface area contributed by atoms with E-state index >= 15 is 0 Å². The highest BCUT2D eigenvalue weighted by Gasteiger charge is 2.17. The van der Waals surface area contributed by atoms with Crippen LogP contribution in [0.5, 0.6) is 11.5 Å². The summed E-state index contributed by atoms with van der Waals surface area (Å²) in [6, 6.07) is 5.38. The molecule has 0 amide bonds. The monoisotopic (exact) mass is 456 g/mol. The molecule has 33 heavy (non-hydrogen) atoms. The summed E-state index contributed by atoms with van der Waals surface area (Å²) in [5, 5.41) is 8.72. The molecule has 176 valence electrons. The Labute approximate surface area is 190 Å². The molecule has 0 bridgehead atoms. The molecule has 0 saturated carbocycles. The van der Waals surface area contributed by atoms with Gasteiger partial charge in [0.25, 0.3) is 5.56 Å². The fourth-order valence-corrected chi connectivity index (χ4v) is 3.58. The minimum Gasteiger partial charge on any atom is -0.493 e. The van der Waals surface area contributed by atoms with Crippen molar-refractivity contribution in [3.8, 4) is 11.5 Å². The van der Waals surface area contributed by atoms with Crippen LogP contribution in [0.4, 0.5) is 0 Å². The molecule has 2 aromatic heterocycles. The fourth-order valence-electron chi connectivity index (χ4n) is 3.58. The molecule has 3 aromatic rings. The summed E-state index contributed by atoms with van der Waals surface area (Å²) in [7, 11) is 3.27. The molecule has 0 unspecified atom stereocenters. The number of carbonyl (C=O) groups is 1. The second kappa shape index (κ2) is 10.2. The number of rotatable bonds is 10. The number of hydrogen-bond donors (Lipinski definition) is 1. The third-order valence-corrected chi connectivity index (χ3v) is 5.31. The molecule has 10 nitrogen and oxygen atoms in total. The van der Waals surface area contributed by atoms with Crippen LogP contribution in [0.2, 0.25) is 0 Å². The molecule has 0 atom stereocenters. The maximum Gasteiger partial charge on any atom is 0.332 e. The van der Waals surface area contributed by atoms with Gasteiger partial charge in [0, 0.05) is 26.6 Å². The van der Waals surface area contributed by atoms with Crippen molar-refractivity contribution in [2.24, 2.45) is 7.05 Å². The van der Waals surface area contributed by atoms with Gasteiger partial charge in [-0.15, -0.1) is 0 Å². The summed E-state index contributed by atoms with van der Waals surface area (Å²) in [5.74, 6) is 0.709. The number of methoxy groups -OCH3 is 1. The third kappa shape index (κ3) is 4.84. The topological polar surface area (TPSA) is 118 Å². The van der Waals surface area contributed by atoms with Crippen LogP contribution in [-0.4, -0.2) is 43.5 Å². The smallest absolute Gasteiger partial charge is 0.332 e. The van der Waals surface area contributed by atoms with Crippen molar-refractivity contribution in [2.45, 2.75) is 39.8 Å². The van der Waals surface area contributed by atoms with Crippen molar-refractivity contribution < 1.29 is 19.4 Å². The van der Waals surface area contributed by atoms with Crippen LogP contribution < -0.4 is 20.7 Å². The van der Waals surface area contributed by atoms with Crippen molar-refractivity contribution in [3.63, 3.8) is 0 Å². The van der Waals surface area contributed by atoms with Gasteiger partial charge in [-0.05, 0) is 44.0 Å². The minimum atomic E-state index is -0.863. The normalized spacial score (nSPS) is 11.4. The van der Waals surface area contributed by atoms with E-state index in [-0.39, 0.29) is 30.8 Å². The number of aromatic nitrogens is 4. The Morgan fingerprint density at radius 3 is 2.48 bits per heavy atom. The Morgan fingerprint density at radius 2 is 1.85 bits per heavy atom. The maximum atomic E-state index is 12.8. The van der Waals surface area contributed by atoms with Crippen LogP contribution in [0.3, 0.4) is 0 Å². The number of carboxylic acids is 1. The van der Waals surface area contributed by atoms with Crippen molar-refractivity contribution in [3.05, 3.63) is 50.4 Å². The molecular formula is C23H28N4O6. The second-order valence-corrected chi connectivity index (χ2v) is 7.37. The fraction of sp³-hybridized carbons (Fsp3) is 0.391. The number of aryl methyl sites for hydroxylation is 2. The zero-order valence-corrected chi connectivity index (χ0v) is 19.2. The number of hydrogen-bond acceptors (Lipinski definition) is 6. The van der Waals surface area contributed by atoms with Gasteiger partial charge >= 0.3 is 11.7 Å². The van der Waals surface area contributed by atoms with E-state index in [2.05, 4.69) is 4.98 Å². The van der Waals surface area contributed by atoms with Crippen LogP contribution in [0.25, 0.3) is 23.3 Å². The molecule has 0 radical (unpaired) electrons. The SMILES string of the molecule is CCn1c(=O)c2c(nc(/C=C/c3ccc(OCCCC(=O)O)c(OC)c3)n2C)n(CC)c1=O. The molecule has 0 aliphatic carbocycles. The predicted octanol–water partition coefficient (Wildman–Crippen LogP) is 2.36. The summed E-state index contributed by atoms with van der Waals surface area (Å²) in [4.78, 5) is 40.6. The quantitative estimate of drug-likeness (QED) is 0.465. The van der Waals surface area contributed by atoms with E-state index in [0.717, 1.165) is 5.56 Å². The highest BCUT2D eigenvalue weighted by Crippen LogP contribution is 2.29. The standard InChI is InChI=1S/C23H28N4O6/c1-5-26-21-20(22(30)27(6-2)23(26)31)25(3)18(24-21)12-10-15-9-11-16(17(14-15)32-4)33-13-7-8-19(28)29/h9-12,14H,5-8,13H2,1-4H3,(H,28,29)/b12-10+. The van der Waals surface area contributed by atoms with Crippen molar-refractivity contribution in [1.82, 2.24) is 18.7 Å². The van der Waals surface area contributed by atoms with E-state index in [4.69, 9.17) is 14.6 Å². The van der Waals surface area contributed by atoms with Crippen molar-refractivity contribution in [2.75, 3.05) is 13.7 Å². The first-order chi connectivity index (χ1) is 15.8. The lowest BCUT2D eigenvalue weighted by atomic mass is 10.2. The van der Waals surface area contributed by atoms with Crippen LogP contribution in [0.15, 0.2) is 27.8 Å². The average Bonchev–Trinajstić information content (AvgIpc) is 3.12. The summed E-state index contributed by atoms with van der Waals surface area (Å²) < 4.78 is 15.4. The van der Waals surface area contributed by atoms with Crippen molar-refractivity contribution >= 4 is 29.3 Å². The zero-order valence-electron chi connectivity index (χ0n) is 19.2. The molecule has 1 aromatic carbocycles. The number of benzene rings is 1. The van der Waals surface area contributed by atoms with E-state index < -0.39 is 5.97 Å². The molecule has 0 fully saturated rings. The number of ether oxygens (including phenoxy) is 2. The number of carboxylic acid groups (broad SMARTS) is 1.